The second kappa shape index (κ2) is 10.0. The fourth-order valence-electron chi connectivity index (χ4n) is 3.84. The number of ether oxygens (including phenoxy) is 1. The van der Waals surface area contributed by atoms with Gasteiger partial charge in [-0.1, -0.05) is 53.2 Å². The molecule has 0 radical (unpaired) electrons. The highest BCUT2D eigenvalue weighted by atomic mass is 79.9. The Kier molecular flexibility index (Phi) is 6.89. The number of nitrogens with zero attached hydrogens (tertiary/aromatic N) is 2. The smallest absolute Gasteiger partial charge is 0.295 e. The summed E-state index contributed by atoms with van der Waals surface area (Å²) >= 11 is 3.38. The second-order valence-corrected chi connectivity index (χ2v) is 8.63. The molecule has 0 bridgehead atoms. The number of hydrogen-bond acceptors (Lipinski definition) is 5. The van der Waals surface area contributed by atoms with Gasteiger partial charge in [-0.05, 0) is 47.9 Å². The lowest BCUT2D eigenvalue weighted by molar-refractivity contribution is -0.140. The Morgan fingerprint density at radius 2 is 1.91 bits per heavy atom. The molecule has 7 heteroatoms. The molecule has 1 amide bonds. The first-order chi connectivity index (χ1) is 16.0. The molecular formula is C26H23BrN2O4. The number of aromatic nitrogens is 1. The van der Waals surface area contributed by atoms with E-state index >= 15 is 0 Å². The van der Waals surface area contributed by atoms with Crippen LogP contribution in [0.1, 0.15) is 36.1 Å². The summed E-state index contributed by atoms with van der Waals surface area (Å²) in [4.78, 5) is 31.9. The summed E-state index contributed by atoms with van der Waals surface area (Å²) in [5.41, 5.74) is 1.98. The van der Waals surface area contributed by atoms with Crippen molar-refractivity contribution in [1.29, 1.82) is 0 Å². The molecule has 2 aromatic carbocycles. The molecule has 0 unspecified atom stereocenters. The molecule has 1 fully saturated rings. The summed E-state index contributed by atoms with van der Waals surface area (Å²) in [6.07, 6.45) is 4.16. The number of hydrogen-bond donors (Lipinski definition) is 1. The van der Waals surface area contributed by atoms with Gasteiger partial charge < -0.3 is 14.7 Å². The van der Waals surface area contributed by atoms with Crippen molar-refractivity contribution in [3.8, 4) is 5.75 Å². The van der Waals surface area contributed by atoms with Gasteiger partial charge in [0, 0.05) is 29.0 Å². The Bertz CT molecular complexity index is 1190. The van der Waals surface area contributed by atoms with Gasteiger partial charge in [0.25, 0.3) is 11.7 Å². The lowest BCUT2D eigenvalue weighted by Crippen LogP contribution is -2.29. The number of rotatable bonds is 7. The summed E-state index contributed by atoms with van der Waals surface area (Å²) in [6.45, 7) is 2.75. The van der Waals surface area contributed by atoms with Crippen LogP contribution in [0.5, 0.6) is 5.75 Å². The zero-order chi connectivity index (χ0) is 23.4. The second-order valence-electron chi connectivity index (χ2n) is 7.72. The number of benzene rings is 2. The summed E-state index contributed by atoms with van der Waals surface area (Å²) in [7, 11) is 0. The van der Waals surface area contributed by atoms with Gasteiger partial charge in [-0.15, -0.1) is 0 Å². The minimum Gasteiger partial charge on any atom is -0.507 e. The van der Waals surface area contributed by atoms with E-state index in [2.05, 4.69) is 20.9 Å². The largest absolute Gasteiger partial charge is 0.507 e. The van der Waals surface area contributed by atoms with E-state index in [9.17, 15) is 14.7 Å². The van der Waals surface area contributed by atoms with E-state index in [1.807, 2.05) is 37.3 Å². The number of Topliss-reactive ketones (excluding diaryl/α,β-unsaturated/α-hetero) is 1. The maximum atomic E-state index is 13.2. The van der Waals surface area contributed by atoms with Crippen LogP contribution < -0.4 is 4.74 Å². The van der Waals surface area contributed by atoms with Gasteiger partial charge in [-0.25, -0.2) is 0 Å². The minimum atomic E-state index is -0.765. The molecule has 1 N–H and O–H groups in total. The third kappa shape index (κ3) is 4.83. The molecule has 4 rings (SSSR count). The average molecular weight is 507 g/mol. The van der Waals surface area contributed by atoms with Gasteiger partial charge in [0.2, 0.25) is 0 Å². The average Bonchev–Trinajstić information content (AvgIpc) is 3.08. The minimum absolute atomic E-state index is 0.0545. The highest BCUT2D eigenvalue weighted by molar-refractivity contribution is 9.10. The molecule has 1 saturated heterocycles. The molecule has 1 aliphatic heterocycles. The van der Waals surface area contributed by atoms with Crippen LogP contribution in [0.4, 0.5) is 0 Å². The highest BCUT2D eigenvalue weighted by Crippen LogP contribution is 2.41. The number of carbonyl (C=O) groups is 2. The molecule has 168 valence electrons. The molecule has 1 aromatic heterocycles. The first-order valence-corrected chi connectivity index (χ1v) is 11.4. The first-order valence-electron chi connectivity index (χ1n) is 10.7. The third-order valence-electron chi connectivity index (χ3n) is 5.38. The van der Waals surface area contributed by atoms with E-state index in [4.69, 9.17) is 4.74 Å². The number of amides is 1. The Morgan fingerprint density at radius 1 is 1.12 bits per heavy atom. The first kappa shape index (κ1) is 22.7. The zero-order valence-corrected chi connectivity index (χ0v) is 19.7. The van der Waals surface area contributed by atoms with E-state index < -0.39 is 17.7 Å². The van der Waals surface area contributed by atoms with Gasteiger partial charge in [-0.2, -0.15) is 0 Å². The van der Waals surface area contributed by atoms with Crippen LogP contribution >= 0.6 is 15.9 Å². The number of aliphatic hydroxyl groups is 1. The monoisotopic (exact) mass is 506 g/mol. The number of aliphatic hydroxyl groups excluding tert-OH is 1. The molecule has 1 atom stereocenters. The van der Waals surface area contributed by atoms with Crippen molar-refractivity contribution in [2.24, 2.45) is 0 Å². The lowest BCUT2D eigenvalue weighted by atomic mass is 9.95. The topological polar surface area (TPSA) is 79.7 Å². The van der Waals surface area contributed by atoms with E-state index in [1.54, 1.807) is 42.7 Å². The van der Waals surface area contributed by atoms with Gasteiger partial charge >= 0.3 is 0 Å². The van der Waals surface area contributed by atoms with Gasteiger partial charge in [-0.3, -0.25) is 14.6 Å². The molecule has 33 heavy (non-hydrogen) atoms. The number of carbonyl (C=O) groups excluding carboxylic acids is 2. The van der Waals surface area contributed by atoms with E-state index in [1.165, 1.54) is 4.90 Å². The molecule has 3 aromatic rings. The van der Waals surface area contributed by atoms with E-state index in [0.29, 0.717) is 23.5 Å². The zero-order valence-electron chi connectivity index (χ0n) is 18.1. The lowest BCUT2D eigenvalue weighted by Gasteiger charge is -2.25. The Labute approximate surface area is 200 Å². The van der Waals surface area contributed by atoms with Crippen LogP contribution in [0.2, 0.25) is 0 Å². The Morgan fingerprint density at radius 3 is 2.61 bits per heavy atom. The normalized spacial score (nSPS) is 17.4. The highest BCUT2D eigenvalue weighted by Gasteiger charge is 2.46. The molecule has 0 aliphatic carbocycles. The van der Waals surface area contributed by atoms with Crippen LogP contribution in [0, 0.1) is 0 Å². The van der Waals surface area contributed by atoms with Gasteiger partial charge in [0.05, 0.1) is 18.2 Å². The van der Waals surface area contributed by atoms with Crippen LogP contribution in [0.15, 0.2) is 83.1 Å². The van der Waals surface area contributed by atoms with Crippen molar-refractivity contribution in [3.05, 3.63) is 99.8 Å². The summed E-state index contributed by atoms with van der Waals surface area (Å²) in [5.74, 6) is -0.948. The van der Waals surface area contributed by atoms with Crippen molar-refractivity contribution in [3.63, 3.8) is 0 Å². The number of halogens is 1. The van der Waals surface area contributed by atoms with E-state index in [0.717, 1.165) is 16.5 Å². The summed E-state index contributed by atoms with van der Waals surface area (Å²) < 4.78 is 6.62. The predicted molar refractivity (Wildman–Crippen MR) is 128 cm³/mol. The quantitative estimate of drug-likeness (QED) is 0.268. The van der Waals surface area contributed by atoms with Crippen LogP contribution in [-0.2, 0) is 16.1 Å². The van der Waals surface area contributed by atoms with Crippen molar-refractivity contribution in [2.45, 2.75) is 25.9 Å². The Balaban J connectivity index is 1.84. The van der Waals surface area contributed by atoms with Crippen LogP contribution in [-0.4, -0.2) is 33.3 Å². The third-order valence-corrected chi connectivity index (χ3v) is 5.91. The molecule has 1 aliphatic rings. The SMILES string of the molecule is CCCOc1cccc([C@@H]2C(=C(O)c3ccc(Br)cc3)C(=O)C(=O)N2Cc2cccnc2)c1. The van der Waals surface area contributed by atoms with Crippen molar-refractivity contribution < 1.29 is 19.4 Å². The fourth-order valence-corrected chi connectivity index (χ4v) is 4.10. The van der Waals surface area contributed by atoms with Gasteiger partial charge in [0.1, 0.15) is 11.5 Å². The van der Waals surface area contributed by atoms with E-state index in [-0.39, 0.29) is 17.9 Å². The summed E-state index contributed by atoms with van der Waals surface area (Å²) in [5, 5.41) is 11.1. The summed E-state index contributed by atoms with van der Waals surface area (Å²) in [6, 6.07) is 17.1. The predicted octanol–water partition coefficient (Wildman–Crippen LogP) is 5.25. The van der Waals surface area contributed by atoms with Crippen molar-refractivity contribution in [2.75, 3.05) is 6.61 Å². The standard InChI is InChI=1S/C26H23BrN2O4/c1-2-13-33-21-7-3-6-19(14-21)23-22(24(30)18-8-10-20(27)11-9-18)25(31)26(32)29(23)16-17-5-4-12-28-15-17/h3-12,14-15,23,30H,2,13,16H2,1H3/t23-/m1/s1. The fraction of sp³-hybridized carbons (Fsp3) is 0.192. The number of pyridine rings is 1. The maximum absolute atomic E-state index is 13.2. The van der Waals surface area contributed by atoms with Gasteiger partial charge in [0.15, 0.2) is 0 Å². The van der Waals surface area contributed by atoms with Crippen molar-refractivity contribution in [1.82, 2.24) is 9.88 Å². The van der Waals surface area contributed by atoms with Crippen LogP contribution in [0.3, 0.4) is 0 Å². The number of likely N-dealkylation sites (tertiary alicyclic amines) is 1. The number of ketones is 1. The van der Waals surface area contributed by atoms with Crippen LogP contribution in [0.25, 0.3) is 5.76 Å². The molecule has 2 heterocycles. The molecule has 0 saturated carbocycles. The molecular weight excluding hydrogens is 484 g/mol. The Hall–Kier alpha value is -3.45. The van der Waals surface area contributed by atoms with Crippen molar-refractivity contribution >= 4 is 33.4 Å². The molecule has 0 spiro atoms. The maximum Gasteiger partial charge on any atom is 0.295 e. The molecule has 6 nitrogen and oxygen atoms in total.